The second kappa shape index (κ2) is 6.66. The molecule has 7 heteroatoms. The molecule has 0 radical (unpaired) electrons. The third-order valence-corrected chi connectivity index (χ3v) is 4.45. The van der Waals surface area contributed by atoms with Crippen LogP contribution in [0.2, 0.25) is 0 Å². The quantitative estimate of drug-likeness (QED) is 0.576. The fourth-order valence-electron chi connectivity index (χ4n) is 2.41. The van der Waals surface area contributed by atoms with E-state index in [0.717, 1.165) is 16.3 Å². The predicted octanol–water partition coefficient (Wildman–Crippen LogP) is 4.40. The van der Waals surface area contributed by atoms with Crippen molar-refractivity contribution < 1.29 is 4.79 Å². The smallest absolute Gasteiger partial charge is 0.308 e. The van der Waals surface area contributed by atoms with E-state index < -0.39 is 0 Å². The van der Waals surface area contributed by atoms with Gasteiger partial charge in [-0.2, -0.15) is 0 Å². The van der Waals surface area contributed by atoms with Crippen molar-refractivity contribution in [1.29, 1.82) is 0 Å². The Hall–Kier alpha value is -3.32. The Balaban J connectivity index is 1.46. The van der Waals surface area contributed by atoms with Crippen molar-refractivity contribution in [2.45, 2.75) is 0 Å². The van der Waals surface area contributed by atoms with E-state index in [2.05, 4.69) is 25.8 Å². The van der Waals surface area contributed by atoms with E-state index in [4.69, 9.17) is 0 Å². The average Bonchev–Trinajstić information content (AvgIpc) is 3.10. The van der Waals surface area contributed by atoms with Crippen molar-refractivity contribution in [2.24, 2.45) is 0 Å². The number of amides is 2. The minimum Gasteiger partial charge on any atom is -0.308 e. The summed E-state index contributed by atoms with van der Waals surface area (Å²) in [6.07, 6.45) is 3.40. The van der Waals surface area contributed by atoms with Crippen molar-refractivity contribution in [2.75, 3.05) is 10.6 Å². The summed E-state index contributed by atoms with van der Waals surface area (Å²) < 4.78 is 0. The molecule has 122 valence electrons. The summed E-state index contributed by atoms with van der Waals surface area (Å²) in [5.41, 5.74) is 1.58. The van der Waals surface area contributed by atoms with Gasteiger partial charge in [0.25, 0.3) is 0 Å². The minimum absolute atomic E-state index is 0.357. The number of rotatable bonds is 3. The highest BCUT2D eigenvalue weighted by atomic mass is 32.1. The molecule has 0 aliphatic carbocycles. The Kier molecular flexibility index (Phi) is 4.05. The lowest BCUT2D eigenvalue weighted by Gasteiger charge is -2.06. The first-order chi connectivity index (χ1) is 12.3. The molecule has 25 heavy (non-hydrogen) atoms. The van der Waals surface area contributed by atoms with Crippen molar-refractivity contribution in [3.8, 4) is 10.6 Å². The molecule has 0 unspecified atom stereocenters. The largest absolute Gasteiger partial charge is 0.325 e. The van der Waals surface area contributed by atoms with Crippen LogP contribution < -0.4 is 10.6 Å². The lowest BCUT2D eigenvalue weighted by molar-refractivity contribution is 0.262. The number of fused-ring (bicyclic) bond motifs is 1. The summed E-state index contributed by atoms with van der Waals surface area (Å²) in [7, 11) is 0. The molecular weight excluding hydrogens is 334 g/mol. The summed E-state index contributed by atoms with van der Waals surface area (Å²) in [5.74, 6) is 0. The first kappa shape index (κ1) is 15.2. The highest BCUT2D eigenvalue weighted by molar-refractivity contribution is 7.18. The Morgan fingerprint density at radius 2 is 1.80 bits per heavy atom. The fraction of sp³-hybridized carbons (Fsp3) is 0. The van der Waals surface area contributed by atoms with Gasteiger partial charge in [0.1, 0.15) is 0 Å². The van der Waals surface area contributed by atoms with Crippen LogP contribution in [0.15, 0.2) is 67.0 Å². The normalized spacial score (nSPS) is 10.6. The zero-order chi connectivity index (χ0) is 17.1. The number of carbonyl (C=O) groups excluding carboxylic acids is 1. The van der Waals surface area contributed by atoms with Gasteiger partial charge in [-0.3, -0.25) is 10.3 Å². The molecule has 0 aliphatic rings. The fourth-order valence-corrected chi connectivity index (χ4v) is 3.13. The zero-order valence-corrected chi connectivity index (χ0v) is 13.8. The van der Waals surface area contributed by atoms with Crippen molar-refractivity contribution in [3.05, 3.63) is 67.0 Å². The molecule has 0 atom stereocenters. The van der Waals surface area contributed by atoms with Crippen LogP contribution in [0.1, 0.15) is 0 Å². The molecule has 0 saturated heterocycles. The summed E-state index contributed by atoms with van der Waals surface area (Å²) in [5, 5.41) is 16.9. The minimum atomic E-state index is -0.357. The van der Waals surface area contributed by atoms with Gasteiger partial charge in [0.15, 0.2) is 5.01 Å². The summed E-state index contributed by atoms with van der Waals surface area (Å²) in [4.78, 5) is 16.2. The number of benzene rings is 2. The van der Waals surface area contributed by atoms with Crippen LogP contribution in [0.25, 0.3) is 21.3 Å². The number of nitrogens with zero attached hydrogens (tertiary/aromatic N) is 3. The SMILES string of the molecule is O=C(Nc1ccc2ccccc2c1)Nc1nnc(-c2cccnc2)s1. The van der Waals surface area contributed by atoms with E-state index in [1.54, 1.807) is 12.4 Å². The molecule has 2 amide bonds. The summed E-state index contributed by atoms with van der Waals surface area (Å²) in [6.45, 7) is 0. The molecule has 0 aliphatic heterocycles. The number of pyridine rings is 1. The Bertz CT molecular complexity index is 1030. The Labute approximate surface area is 147 Å². The molecule has 2 aromatic carbocycles. The maximum atomic E-state index is 12.2. The van der Waals surface area contributed by atoms with Crippen LogP contribution in [0.3, 0.4) is 0 Å². The maximum absolute atomic E-state index is 12.2. The van der Waals surface area contributed by atoms with Gasteiger partial charge in [-0.05, 0) is 35.0 Å². The number of hydrogen-bond acceptors (Lipinski definition) is 5. The number of urea groups is 1. The molecule has 4 rings (SSSR count). The molecule has 2 N–H and O–H groups in total. The number of aromatic nitrogens is 3. The Morgan fingerprint density at radius 1 is 0.920 bits per heavy atom. The molecule has 6 nitrogen and oxygen atoms in total. The van der Waals surface area contributed by atoms with Gasteiger partial charge >= 0.3 is 6.03 Å². The third-order valence-electron chi connectivity index (χ3n) is 3.56. The number of nitrogens with one attached hydrogen (secondary N) is 2. The van der Waals surface area contributed by atoms with E-state index in [9.17, 15) is 4.79 Å². The van der Waals surface area contributed by atoms with Gasteiger partial charge < -0.3 is 5.32 Å². The monoisotopic (exact) mass is 347 g/mol. The van der Waals surface area contributed by atoms with E-state index >= 15 is 0 Å². The maximum Gasteiger partial charge on any atom is 0.325 e. The molecule has 2 aromatic heterocycles. The number of hydrogen-bond donors (Lipinski definition) is 2. The van der Waals surface area contributed by atoms with Crippen molar-refractivity contribution in [1.82, 2.24) is 15.2 Å². The molecule has 0 spiro atoms. The van der Waals surface area contributed by atoms with Crippen LogP contribution in [-0.4, -0.2) is 21.2 Å². The van der Waals surface area contributed by atoms with Crippen molar-refractivity contribution in [3.63, 3.8) is 0 Å². The number of carbonyl (C=O) groups is 1. The summed E-state index contributed by atoms with van der Waals surface area (Å²) in [6, 6.07) is 17.1. The second-order valence-electron chi connectivity index (χ2n) is 5.30. The van der Waals surface area contributed by atoms with Gasteiger partial charge in [0.05, 0.1) is 0 Å². The molecule has 2 heterocycles. The van der Waals surface area contributed by atoms with E-state index in [1.807, 2.05) is 54.6 Å². The zero-order valence-electron chi connectivity index (χ0n) is 13.0. The third kappa shape index (κ3) is 3.46. The molecular formula is C18H13N5OS. The van der Waals surface area contributed by atoms with Crippen LogP contribution in [-0.2, 0) is 0 Å². The standard InChI is InChI=1S/C18H13N5OS/c24-17(20-15-8-7-12-4-1-2-5-13(12)10-15)21-18-23-22-16(25-18)14-6-3-9-19-11-14/h1-11H,(H2,20,21,23,24). The first-order valence-electron chi connectivity index (χ1n) is 7.59. The number of anilines is 2. The van der Waals surface area contributed by atoms with Gasteiger partial charge in [-0.1, -0.05) is 41.7 Å². The highest BCUT2D eigenvalue weighted by Gasteiger charge is 2.10. The highest BCUT2D eigenvalue weighted by Crippen LogP contribution is 2.25. The average molecular weight is 347 g/mol. The van der Waals surface area contributed by atoms with Gasteiger partial charge in [0.2, 0.25) is 5.13 Å². The lowest BCUT2D eigenvalue weighted by Crippen LogP contribution is -2.19. The lowest BCUT2D eigenvalue weighted by atomic mass is 10.1. The van der Waals surface area contributed by atoms with Crippen LogP contribution >= 0.6 is 11.3 Å². The molecule has 4 aromatic rings. The van der Waals surface area contributed by atoms with E-state index in [0.29, 0.717) is 15.8 Å². The molecule has 0 saturated carbocycles. The van der Waals surface area contributed by atoms with Crippen LogP contribution in [0, 0.1) is 0 Å². The molecule has 0 fully saturated rings. The first-order valence-corrected chi connectivity index (χ1v) is 8.40. The topological polar surface area (TPSA) is 79.8 Å². The van der Waals surface area contributed by atoms with Gasteiger partial charge in [-0.25, -0.2) is 4.79 Å². The van der Waals surface area contributed by atoms with Gasteiger partial charge in [-0.15, -0.1) is 10.2 Å². The van der Waals surface area contributed by atoms with E-state index in [1.165, 1.54) is 11.3 Å². The van der Waals surface area contributed by atoms with Crippen LogP contribution in [0.4, 0.5) is 15.6 Å². The summed E-state index contributed by atoms with van der Waals surface area (Å²) >= 11 is 1.29. The molecule has 0 bridgehead atoms. The van der Waals surface area contributed by atoms with E-state index in [-0.39, 0.29) is 6.03 Å². The predicted molar refractivity (Wildman–Crippen MR) is 99.7 cm³/mol. The van der Waals surface area contributed by atoms with Crippen LogP contribution in [0.5, 0.6) is 0 Å². The van der Waals surface area contributed by atoms with Crippen molar-refractivity contribution >= 4 is 39.0 Å². The van der Waals surface area contributed by atoms with Gasteiger partial charge in [0, 0.05) is 23.6 Å². The Morgan fingerprint density at radius 3 is 2.64 bits per heavy atom. The second-order valence-corrected chi connectivity index (χ2v) is 6.27.